The summed E-state index contributed by atoms with van der Waals surface area (Å²) in [6, 6.07) is 12.1. The number of hydrogen-bond donors (Lipinski definition) is 1. The molecular formula is C25H32Cl2N2O3. The molecular weight excluding hydrogens is 447 g/mol. The van der Waals surface area contributed by atoms with Crippen LogP contribution in [0.15, 0.2) is 42.5 Å². The highest BCUT2D eigenvalue weighted by Crippen LogP contribution is 2.27. The first-order chi connectivity index (χ1) is 15.3. The topological polar surface area (TPSA) is 58.6 Å². The lowest BCUT2D eigenvalue weighted by Gasteiger charge is -2.31. The number of nitrogens with zero attached hydrogens (tertiary/aromatic N) is 1. The van der Waals surface area contributed by atoms with Gasteiger partial charge in [0.25, 0.3) is 5.91 Å². The number of carbonyl (C=O) groups is 2. The summed E-state index contributed by atoms with van der Waals surface area (Å²) in [7, 11) is 0. The Labute approximate surface area is 201 Å². The molecule has 1 N–H and O–H groups in total. The molecule has 0 aromatic heterocycles. The third-order valence-electron chi connectivity index (χ3n) is 5.15. The number of ether oxygens (including phenoxy) is 1. The zero-order valence-electron chi connectivity index (χ0n) is 19.2. The van der Waals surface area contributed by atoms with Crippen LogP contribution in [0.2, 0.25) is 10.0 Å². The molecule has 0 radical (unpaired) electrons. The average Bonchev–Trinajstić information content (AvgIpc) is 2.78. The van der Waals surface area contributed by atoms with Crippen LogP contribution in [0.5, 0.6) is 5.75 Å². The Hall–Kier alpha value is -2.24. The van der Waals surface area contributed by atoms with E-state index in [1.165, 1.54) is 10.5 Å². The van der Waals surface area contributed by atoms with E-state index in [1.807, 2.05) is 45.0 Å². The SMILES string of the molecule is CCc1ccc(OCC(=O)N(Cc2c(Cl)cccc2Cl)[C@H](CC)C(=O)NCC(C)C)cc1. The quantitative estimate of drug-likeness (QED) is 0.462. The molecule has 0 heterocycles. The summed E-state index contributed by atoms with van der Waals surface area (Å²) in [5, 5.41) is 3.83. The zero-order valence-corrected chi connectivity index (χ0v) is 20.7. The van der Waals surface area contributed by atoms with E-state index in [0.29, 0.717) is 40.2 Å². The molecule has 0 aliphatic rings. The summed E-state index contributed by atoms with van der Waals surface area (Å²) in [4.78, 5) is 27.7. The van der Waals surface area contributed by atoms with E-state index < -0.39 is 6.04 Å². The van der Waals surface area contributed by atoms with E-state index in [-0.39, 0.29) is 25.0 Å². The van der Waals surface area contributed by atoms with Gasteiger partial charge in [-0.05, 0) is 48.6 Å². The standard InChI is InChI=1S/C25H32Cl2N2O3/c1-5-18-10-12-19(13-11-18)32-16-24(30)29(15-20-21(26)8-7-9-22(20)27)23(6-2)25(31)28-14-17(3)4/h7-13,17,23H,5-6,14-16H2,1-4H3,(H,28,31)/t23-/m1/s1. The minimum Gasteiger partial charge on any atom is -0.484 e. The number of hydrogen-bond acceptors (Lipinski definition) is 3. The number of nitrogens with one attached hydrogen (secondary N) is 1. The van der Waals surface area contributed by atoms with Crippen molar-refractivity contribution in [2.24, 2.45) is 5.92 Å². The van der Waals surface area contributed by atoms with E-state index in [4.69, 9.17) is 27.9 Å². The molecule has 2 rings (SSSR count). The van der Waals surface area contributed by atoms with E-state index in [9.17, 15) is 9.59 Å². The third-order valence-corrected chi connectivity index (χ3v) is 5.86. The molecule has 1 atom stereocenters. The van der Waals surface area contributed by atoms with Crippen LogP contribution in [0.25, 0.3) is 0 Å². The summed E-state index contributed by atoms with van der Waals surface area (Å²) in [6.07, 6.45) is 1.37. The van der Waals surface area contributed by atoms with Crippen molar-refractivity contribution >= 4 is 35.0 Å². The van der Waals surface area contributed by atoms with Crippen molar-refractivity contribution in [3.8, 4) is 5.75 Å². The molecule has 0 aliphatic heterocycles. The molecule has 2 aromatic carbocycles. The summed E-state index contributed by atoms with van der Waals surface area (Å²) in [6.45, 7) is 8.44. The second-order valence-electron chi connectivity index (χ2n) is 8.07. The van der Waals surface area contributed by atoms with Crippen molar-refractivity contribution < 1.29 is 14.3 Å². The molecule has 7 heteroatoms. The van der Waals surface area contributed by atoms with Crippen molar-refractivity contribution in [3.05, 3.63) is 63.6 Å². The summed E-state index contributed by atoms with van der Waals surface area (Å²) in [5.41, 5.74) is 1.79. The first-order valence-electron chi connectivity index (χ1n) is 11.0. The maximum absolute atomic E-state index is 13.2. The Bertz CT molecular complexity index is 880. The van der Waals surface area contributed by atoms with E-state index >= 15 is 0 Å². The largest absolute Gasteiger partial charge is 0.484 e. The summed E-state index contributed by atoms with van der Waals surface area (Å²) < 4.78 is 5.73. The van der Waals surface area contributed by atoms with Gasteiger partial charge < -0.3 is 15.0 Å². The molecule has 0 spiro atoms. The Morgan fingerprint density at radius 3 is 2.19 bits per heavy atom. The van der Waals surface area contributed by atoms with Crippen molar-refractivity contribution in [1.82, 2.24) is 10.2 Å². The van der Waals surface area contributed by atoms with Crippen molar-refractivity contribution in [2.75, 3.05) is 13.2 Å². The second kappa shape index (κ2) is 12.7. The first-order valence-corrected chi connectivity index (χ1v) is 11.7. The monoisotopic (exact) mass is 478 g/mol. The molecule has 0 unspecified atom stereocenters. The lowest BCUT2D eigenvalue weighted by molar-refractivity contribution is -0.143. The van der Waals surface area contributed by atoms with Crippen molar-refractivity contribution in [2.45, 2.75) is 53.1 Å². The van der Waals surface area contributed by atoms with Crippen LogP contribution in [0, 0.1) is 5.92 Å². The minimum absolute atomic E-state index is 0.114. The highest BCUT2D eigenvalue weighted by molar-refractivity contribution is 6.36. The fourth-order valence-corrected chi connectivity index (χ4v) is 3.76. The lowest BCUT2D eigenvalue weighted by Crippen LogP contribution is -2.50. The number of rotatable bonds is 11. The van der Waals surface area contributed by atoms with Crippen LogP contribution in [-0.2, 0) is 22.6 Å². The average molecular weight is 479 g/mol. The van der Waals surface area contributed by atoms with Gasteiger partial charge in [0, 0.05) is 28.7 Å². The van der Waals surface area contributed by atoms with Crippen molar-refractivity contribution in [3.63, 3.8) is 0 Å². The Kier molecular flexibility index (Phi) is 10.3. The highest BCUT2D eigenvalue weighted by atomic mass is 35.5. The summed E-state index contributed by atoms with van der Waals surface area (Å²) in [5.74, 6) is 0.383. The Balaban J connectivity index is 2.24. The molecule has 0 saturated heterocycles. The van der Waals surface area contributed by atoms with Gasteiger partial charge in [-0.1, -0.05) is 69.1 Å². The molecule has 2 aromatic rings. The molecule has 0 aliphatic carbocycles. The fraction of sp³-hybridized carbons (Fsp3) is 0.440. The van der Waals surface area contributed by atoms with Crippen LogP contribution >= 0.6 is 23.2 Å². The maximum atomic E-state index is 13.2. The van der Waals surface area contributed by atoms with E-state index in [0.717, 1.165) is 6.42 Å². The third kappa shape index (κ3) is 7.42. The second-order valence-corrected chi connectivity index (χ2v) is 8.89. The Morgan fingerprint density at radius 2 is 1.66 bits per heavy atom. The van der Waals surface area contributed by atoms with Crippen LogP contribution in [-0.4, -0.2) is 35.9 Å². The van der Waals surface area contributed by atoms with Gasteiger partial charge in [0.15, 0.2) is 6.61 Å². The number of aryl methyl sites for hydroxylation is 1. The zero-order chi connectivity index (χ0) is 23.7. The van der Waals surface area contributed by atoms with Gasteiger partial charge in [0.1, 0.15) is 11.8 Å². The summed E-state index contributed by atoms with van der Waals surface area (Å²) >= 11 is 12.7. The highest BCUT2D eigenvalue weighted by Gasteiger charge is 2.30. The minimum atomic E-state index is -0.667. The smallest absolute Gasteiger partial charge is 0.261 e. The Morgan fingerprint density at radius 1 is 1.03 bits per heavy atom. The lowest BCUT2D eigenvalue weighted by atomic mass is 10.1. The predicted molar refractivity (Wildman–Crippen MR) is 130 cm³/mol. The normalized spacial score (nSPS) is 11.8. The fourth-order valence-electron chi connectivity index (χ4n) is 3.25. The molecule has 0 bridgehead atoms. The predicted octanol–water partition coefficient (Wildman–Crippen LogP) is 5.51. The molecule has 0 fully saturated rings. The van der Waals surface area contributed by atoms with Gasteiger partial charge in [-0.25, -0.2) is 0 Å². The molecule has 32 heavy (non-hydrogen) atoms. The number of halogens is 2. The van der Waals surface area contributed by atoms with Gasteiger partial charge in [0.2, 0.25) is 5.91 Å². The van der Waals surface area contributed by atoms with Gasteiger partial charge in [-0.15, -0.1) is 0 Å². The number of benzene rings is 2. The maximum Gasteiger partial charge on any atom is 0.261 e. The molecule has 0 saturated carbocycles. The van der Waals surface area contributed by atoms with E-state index in [1.54, 1.807) is 18.2 Å². The first kappa shape index (κ1) is 26.0. The van der Waals surface area contributed by atoms with Gasteiger partial charge in [0.05, 0.1) is 0 Å². The van der Waals surface area contributed by atoms with Gasteiger partial charge >= 0.3 is 0 Å². The molecule has 5 nitrogen and oxygen atoms in total. The van der Waals surface area contributed by atoms with E-state index in [2.05, 4.69) is 12.2 Å². The number of carbonyl (C=O) groups excluding carboxylic acids is 2. The van der Waals surface area contributed by atoms with Crippen LogP contribution in [0.1, 0.15) is 45.2 Å². The van der Waals surface area contributed by atoms with Crippen LogP contribution in [0.3, 0.4) is 0 Å². The number of amides is 2. The van der Waals surface area contributed by atoms with Crippen LogP contribution in [0.4, 0.5) is 0 Å². The molecule has 174 valence electrons. The van der Waals surface area contributed by atoms with Gasteiger partial charge in [-0.3, -0.25) is 9.59 Å². The van der Waals surface area contributed by atoms with Crippen molar-refractivity contribution in [1.29, 1.82) is 0 Å². The van der Waals surface area contributed by atoms with Crippen LogP contribution < -0.4 is 10.1 Å². The van der Waals surface area contributed by atoms with Gasteiger partial charge in [-0.2, -0.15) is 0 Å². The molecule has 2 amide bonds.